The average Bonchev–Trinajstić information content (AvgIpc) is 2.29. The lowest BCUT2D eigenvalue weighted by Gasteiger charge is -2.12. The maximum atomic E-state index is 11.8. The molecule has 0 aliphatic carbocycles. The first-order chi connectivity index (χ1) is 8.45. The van der Waals surface area contributed by atoms with E-state index in [-0.39, 0.29) is 23.0 Å². The Hall–Kier alpha value is -2.11. The number of hydrogen-bond donors (Lipinski definition) is 1. The molecule has 1 aromatic rings. The standard InChI is InChI=1S/C12H16N2O4/c1-3-4-8(2)18-12(15)10-7-9(14(16)17)5-6-11(10)13/h5-8H,3-4,13H2,1-2H3. The number of nitrogens with two attached hydrogens (primary N) is 1. The molecule has 0 aliphatic heterocycles. The molecule has 6 heteroatoms. The van der Waals surface area contributed by atoms with Gasteiger partial charge in [-0.3, -0.25) is 10.1 Å². The number of carbonyl (C=O) groups is 1. The molecule has 98 valence electrons. The Labute approximate surface area is 105 Å². The minimum absolute atomic E-state index is 0.0344. The number of benzene rings is 1. The van der Waals surface area contributed by atoms with Crippen molar-refractivity contribution in [3.05, 3.63) is 33.9 Å². The molecule has 0 saturated carbocycles. The fourth-order valence-corrected chi connectivity index (χ4v) is 1.55. The number of nitrogen functional groups attached to an aromatic ring is 1. The molecule has 1 atom stereocenters. The molecule has 0 saturated heterocycles. The monoisotopic (exact) mass is 252 g/mol. The number of nitro groups is 1. The van der Waals surface area contributed by atoms with Gasteiger partial charge in [0.15, 0.2) is 0 Å². The highest BCUT2D eigenvalue weighted by atomic mass is 16.6. The Balaban J connectivity index is 2.91. The summed E-state index contributed by atoms with van der Waals surface area (Å²) in [6.07, 6.45) is 1.39. The number of anilines is 1. The van der Waals surface area contributed by atoms with Crippen molar-refractivity contribution in [2.45, 2.75) is 32.8 Å². The summed E-state index contributed by atoms with van der Waals surface area (Å²) >= 11 is 0. The molecule has 0 bridgehead atoms. The van der Waals surface area contributed by atoms with E-state index >= 15 is 0 Å². The van der Waals surface area contributed by atoms with Crippen LogP contribution in [0.4, 0.5) is 11.4 Å². The summed E-state index contributed by atoms with van der Waals surface area (Å²) in [5.41, 5.74) is 5.65. The Bertz CT molecular complexity index is 459. The molecule has 18 heavy (non-hydrogen) atoms. The number of esters is 1. The van der Waals surface area contributed by atoms with Crippen LogP contribution in [0.15, 0.2) is 18.2 Å². The van der Waals surface area contributed by atoms with E-state index in [0.717, 1.165) is 18.9 Å². The summed E-state index contributed by atoms with van der Waals surface area (Å²) < 4.78 is 5.15. The lowest BCUT2D eigenvalue weighted by atomic mass is 10.1. The quantitative estimate of drug-likeness (QED) is 0.376. The fourth-order valence-electron chi connectivity index (χ4n) is 1.55. The third-order valence-electron chi connectivity index (χ3n) is 2.47. The van der Waals surface area contributed by atoms with Gasteiger partial charge in [0.25, 0.3) is 5.69 Å². The van der Waals surface area contributed by atoms with E-state index in [1.807, 2.05) is 6.92 Å². The van der Waals surface area contributed by atoms with E-state index in [2.05, 4.69) is 0 Å². The Kier molecular flexibility index (Phi) is 4.65. The van der Waals surface area contributed by atoms with Gasteiger partial charge in [-0.25, -0.2) is 4.79 Å². The Morgan fingerprint density at radius 3 is 2.78 bits per heavy atom. The van der Waals surface area contributed by atoms with E-state index in [0.29, 0.717) is 0 Å². The van der Waals surface area contributed by atoms with Gasteiger partial charge in [-0.05, 0) is 19.4 Å². The second-order valence-corrected chi connectivity index (χ2v) is 4.03. The van der Waals surface area contributed by atoms with Crippen LogP contribution in [0.3, 0.4) is 0 Å². The van der Waals surface area contributed by atoms with Gasteiger partial charge in [0.2, 0.25) is 0 Å². The van der Waals surface area contributed by atoms with E-state index in [4.69, 9.17) is 10.5 Å². The smallest absolute Gasteiger partial charge is 0.340 e. The summed E-state index contributed by atoms with van der Waals surface area (Å²) in [5, 5.41) is 10.6. The van der Waals surface area contributed by atoms with Crippen LogP contribution in [0.1, 0.15) is 37.0 Å². The van der Waals surface area contributed by atoms with Gasteiger partial charge in [0.1, 0.15) is 0 Å². The lowest BCUT2D eigenvalue weighted by Crippen LogP contribution is -2.16. The van der Waals surface area contributed by atoms with Crippen LogP contribution >= 0.6 is 0 Å². The maximum absolute atomic E-state index is 11.8. The van der Waals surface area contributed by atoms with E-state index in [9.17, 15) is 14.9 Å². The number of hydrogen-bond acceptors (Lipinski definition) is 5. The molecule has 6 nitrogen and oxygen atoms in total. The second-order valence-electron chi connectivity index (χ2n) is 4.03. The normalized spacial score (nSPS) is 11.9. The van der Waals surface area contributed by atoms with Crippen molar-refractivity contribution < 1.29 is 14.5 Å². The highest BCUT2D eigenvalue weighted by molar-refractivity contribution is 5.95. The van der Waals surface area contributed by atoms with Gasteiger partial charge in [-0.2, -0.15) is 0 Å². The molecular formula is C12H16N2O4. The van der Waals surface area contributed by atoms with Crippen LogP contribution < -0.4 is 5.73 Å². The molecule has 0 fully saturated rings. The average molecular weight is 252 g/mol. The topological polar surface area (TPSA) is 95.5 Å². The Morgan fingerprint density at radius 2 is 2.22 bits per heavy atom. The van der Waals surface area contributed by atoms with Crippen LogP contribution in [-0.4, -0.2) is 17.0 Å². The van der Waals surface area contributed by atoms with Crippen molar-refractivity contribution in [2.24, 2.45) is 0 Å². The number of ether oxygens (including phenoxy) is 1. The van der Waals surface area contributed by atoms with Gasteiger partial charge < -0.3 is 10.5 Å². The summed E-state index contributed by atoms with van der Waals surface area (Å²) in [4.78, 5) is 21.8. The highest BCUT2D eigenvalue weighted by Gasteiger charge is 2.18. The molecular weight excluding hydrogens is 236 g/mol. The minimum atomic E-state index is -0.628. The van der Waals surface area contributed by atoms with Crippen LogP contribution in [0, 0.1) is 10.1 Å². The molecule has 0 aromatic heterocycles. The van der Waals surface area contributed by atoms with E-state index in [1.54, 1.807) is 6.92 Å². The van der Waals surface area contributed by atoms with Gasteiger partial charge >= 0.3 is 5.97 Å². The highest BCUT2D eigenvalue weighted by Crippen LogP contribution is 2.21. The van der Waals surface area contributed by atoms with Gasteiger partial charge in [-0.1, -0.05) is 13.3 Å². The first-order valence-corrected chi connectivity index (χ1v) is 5.70. The number of carbonyl (C=O) groups excluding carboxylic acids is 1. The van der Waals surface area contributed by atoms with Gasteiger partial charge in [-0.15, -0.1) is 0 Å². The van der Waals surface area contributed by atoms with Crippen LogP contribution in [-0.2, 0) is 4.74 Å². The largest absolute Gasteiger partial charge is 0.459 e. The first-order valence-electron chi connectivity index (χ1n) is 5.70. The van der Waals surface area contributed by atoms with Crippen molar-refractivity contribution in [3.63, 3.8) is 0 Å². The third kappa shape index (κ3) is 3.44. The number of rotatable bonds is 5. The lowest BCUT2D eigenvalue weighted by molar-refractivity contribution is -0.384. The molecule has 1 aromatic carbocycles. The number of nitro benzene ring substituents is 1. The number of nitrogens with zero attached hydrogens (tertiary/aromatic N) is 1. The van der Waals surface area contributed by atoms with Gasteiger partial charge in [0, 0.05) is 17.8 Å². The molecule has 1 unspecified atom stereocenters. The molecule has 0 amide bonds. The zero-order chi connectivity index (χ0) is 13.7. The van der Waals surface area contributed by atoms with E-state index in [1.165, 1.54) is 12.1 Å². The third-order valence-corrected chi connectivity index (χ3v) is 2.47. The van der Waals surface area contributed by atoms with Crippen LogP contribution in [0.2, 0.25) is 0 Å². The molecule has 0 heterocycles. The second kappa shape index (κ2) is 6.00. The van der Waals surface area contributed by atoms with Crippen molar-refractivity contribution in [2.75, 3.05) is 5.73 Å². The van der Waals surface area contributed by atoms with Crippen LogP contribution in [0.25, 0.3) is 0 Å². The number of non-ortho nitro benzene ring substituents is 1. The minimum Gasteiger partial charge on any atom is -0.459 e. The summed E-state index contributed by atoms with van der Waals surface area (Å²) in [6, 6.07) is 3.72. The molecule has 0 aliphatic rings. The summed E-state index contributed by atoms with van der Waals surface area (Å²) in [6.45, 7) is 3.75. The van der Waals surface area contributed by atoms with E-state index < -0.39 is 10.9 Å². The zero-order valence-electron chi connectivity index (χ0n) is 10.4. The first kappa shape index (κ1) is 14.0. The fraction of sp³-hybridized carbons (Fsp3) is 0.417. The van der Waals surface area contributed by atoms with Crippen molar-refractivity contribution in [3.8, 4) is 0 Å². The SMILES string of the molecule is CCCC(C)OC(=O)c1cc([N+](=O)[O-])ccc1N. The molecule has 1 rings (SSSR count). The van der Waals surface area contributed by atoms with Crippen molar-refractivity contribution in [1.82, 2.24) is 0 Å². The maximum Gasteiger partial charge on any atom is 0.340 e. The predicted octanol–water partition coefficient (Wildman–Crippen LogP) is 2.52. The van der Waals surface area contributed by atoms with Gasteiger partial charge in [0.05, 0.1) is 16.6 Å². The molecule has 2 N–H and O–H groups in total. The van der Waals surface area contributed by atoms with Crippen molar-refractivity contribution >= 4 is 17.3 Å². The Morgan fingerprint density at radius 1 is 1.56 bits per heavy atom. The summed E-state index contributed by atoms with van der Waals surface area (Å²) in [5.74, 6) is -0.628. The van der Waals surface area contributed by atoms with Crippen molar-refractivity contribution in [1.29, 1.82) is 0 Å². The molecule has 0 spiro atoms. The zero-order valence-corrected chi connectivity index (χ0v) is 10.4. The van der Waals surface area contributed by atoms with Crippen LogP contribution in [0.5, 0.6) is 0 Å². The predicted molar refractivity (Wildman–Crippen MR) is 67.3 cm³/mol. The molecule has 0 radical (unpaired) electrons. The summed E-state index contributed by atoms with van der Waals surface area (Å²) in [7, 11) is 0.